The second-order valence-electron chi connectivity index (χ2n) is 4.79. The van der Waals surface area contributed by atoms with Crippen LogP contribution in [0.4, 0.5) is 4.39 Å². The third-order valence-corrected chi connectivity index (χ3v) is 3.39. The fraction of sp³-hybridized carbons (Fsp3) is 0.500. The van der Waals surface area contributed by atoms with Crippen molar-refractivity contribution in [2.24, 2.45) is 0 Å². The van der Waals surface area contributed by atoms with Crippen molar-refractivity contribution in [2.45, 2.75) is 38.8 Å². The summed E-state index contributed by atoms with van der Waals surface area (Å²) in [4.78, 5) is 11.7. The van der Waals surface area contributed by atoms with Gasteiger partial charge >= 0.3 is 0 Å². The summed E-state index contributed by atoms with van der Waals surface area (Å²) < 4.78 is 13.1. The molecule has 0 aromatic heterocycles. The fourth-order valence-corrected chi connectivity index (χ4v) is 2.20. The van der Waals surface area contributed by atoms with Crippen LogP contribution in [0.1, 0.15) is 30.4 Å². The van der Waals surface area contributed by atoms with Crippen molar-refractivity contribution in [2.75, 3.05) is 6.54 Å². The van der Waals surface area contributed by atoms with E-state index < -0.39 is 0 Å². The van der Waals surface area contributed by atoms with Gasteiger partial charge in [0.1, 0.15) is 5.82 Å². The highest BCUT2D eigenvalue weighted by atomic mass is 19.1. The minimum Gasteiger partial charge on any atom is -0.355 e. The molecule has 98 valence electrons. The van der Waals surface area contributed by atoms with Crippen molar-refractivity contribution in [3.05, 3.63) is 35.1 Å². The normalized spacial score (nSPS) is 20.3. The first-order valence-corrected chi connectivity index (χ1v) is 6.43. The molecule has 0 radical (unpaired) electrons. The van der Waals surface area contributed by atoms with Gasteiger partial charge in [-0.25, -0.2) is 4.39 Å². The summed E-state index contributed by atoms with van der Waals surface area (Å²) in [6.45, 7) is 3.24. The predicted molar refractivity (Wildman–Crippen MR) is 68.6 cm³/mol. The zero-order valence-corrected chi connectivity index (χ0v) is 10.6. The number of benzene rings is 1. The molecule has 4 heteroatoms. The number of amides is 1. The Balaban J connectivity index is 1.97. The molecular weight excluding hydrogens is 231 g/mol. The lowest BCUT2D eigenvalue weighted by molar-refractivity contribution is -0.122. The molecule has 1 heterocycles. The highest BCUT2D eigenvalue weighted by Crippen LogP contribution is 2.11. The minimum atomic E-state index is -0.234. The van der Waals surface area contributed by atoms with Crippen LogP contribution in [0.3, 0.4) is 0 Å². The molecule has 18 heavy (non-hydrogen) atoms. The lowest BCUT2D eigenvalue weighted by Gasteiger charge is -2.16. The van der Waals surface area contributed by atoms with Gasteiger partial charge in [-0.1, -0.05) is 6.07 Å². The first-order chi connectivity index (χ1) is 8.66. The van der Waals surface area contributed by atoms with E-state index in [1.54, 1.807) is 6.07 Å². The van der Waals surface area contributed by atoms with Gasteiger partial charge in [0.05, 0.1) is 6.04 Å². The number of halogens is 1. The lowest BCUT2D eigenvalue weighted by atomic mass is 10.1. The van der Waals surface area contributed by atoms with E-state index in [0.717, 1.165) is 36.9 Å². The molecule has 1 aromatic rings. The van der Waals surface area contributed by atoms with Crippen LogP contribution in [-0.2, 0) is 11.3 Å². The molecule has 1 aliphatic rings. The Hall–Kier alpha value is -1.42. The zero-order chi connectivity index (χ0) is 13.0. The number of carbonyl (C=O) groups excluding carboxylic acids is 1. The third-order valence-electron chi connectivity index (χ3n) is 3.39. The number of hydrogen-bond acceptors (Lipinski definition) is 2. The van der Waals surface area contributed by atoms with Crippen molar-refractivity contribution in [3.8, 4) is 0 Å². The minimum absolute atomic E-state index is 0.0570. The molecule has 1 aliphatic heterocycles. The van der Waals surface area contributed by atoms with E-state index in [0.29, 0.717) is 6.54 Å². The average molecular weight is 250 g/mol. The quantitative estimate of drug-likeness (QED) is 0.860. The van der Waals surface area contributed by atoms with Gasteiger partial charge < -0.3 is 10.6 Å². The van der Waals surface area contributed by atoms with Gasteiger partial charge in [0.15, 0.2) is 0 Å². The van der Waals surface area contributed by atoms with E-state index in [2.05, 4.69) is 10.6 Å². The Labute approximate surface area is 107 Å². The molecule has 0 aliphatic carbocycles. The number of carbonyl (C=O) groups is 1. The summed E-state index contributed by atoms with van der Waals surface area (Å²) in [5, 5.41) is 6.10. The SMILES string of the molecule is Cc1ccc(F)cc1CNC1CCCCNC1=O. The smallest absolute Gasteiger partial charge is 0.237 e. The van der Waals surface area contributed by atoms with Gasteiger partial charge in [-0.05, 0) is 49.4 Å². The number of nitrogens with one attached hydrogen (secondary N) is 2. The molecule has 0 saturated carbocycles. The molecule has 1 fully saturated rings. The van der Waals surface area contributed by atoms with Gasteiger partial charge in [-0.3, -0.25) is 4.79 Å². The van der Waals surface area contributed by atoms with E-state index in [-0.39, 0.29) is 17.8 Å². The first kappa shape index (κ1) is 13.0. The van der Waals surface area contributed by atoms with Gasteiger partial charge in [-0.15, -0.1) is 0 Å². The molecule has 2 rings (SSSR count). The van der Waals surface area contributed by atoms with E-state index in [1.165, 1.54) is 12.1 Å². The third kappa shape index (κ3) is 3.29. The molecule has 1 saturated heterocycles. The topological polar surface area (TPSA) is 41.1 Å². The van der Waals surface area contributed by atoms with Crippen molar-refractivity contribution in [1.29, 1.82) is 0 Å². The Morgan fingerprint density at radius 1 is 1.44 bits per heavy atom. The van der Waals surface area contributed by atoms with Crippen LogP contribution in [-0.4, -0.2) is 18.5 Å². The number of aryl methyl sites for hydroxylation is 1. The molecule has 2 N–H and O–H groups in total. The summed E-state index contributed by atoms with van der Waals surface area (Å²) in [6.07, 6.45) is 2.92. The Morgan fingerprint density at radius 2 is 2.28 bits per heavy atom. The second-order valence-corrected chi connectivity index (χ2v) is 4.79. The van der Waals surface area contributed by atoms with Crippen LogP contribution >= 0.6 is 0 Å². The van der Waals surface area contributed by atoms with Crippen LogP contribution in [0.5, 0.6) is 0 Å². The highest BCUT2D eigenvalue weighted by Gasteiger charge is 2.19. The van der Waals surface area contributed by atoms with Crippen LogP contribution in [0.15, 0.2) is 18.2 Å². The summed E-state index contributed by atoms with van der Waals surface area (Å²) in [7, 11) is 0. The van der Waals surface area contributed by atoms with Crippen molar-refractivity contribution >= 4 is 5.91 Å². The average Bonchev–Trinajstić information content (AvgIpc) is 2.55. The summed E-state index contributed by atoms with van der Waals surface area (Å²) in [5.74, 6) is -0.177. The van der Waals surface area contributed by atoms with E-state index >= 15 is 0 Å². The number of hydrogen-bond donors (Lipinski definition) is 2. The van der Waals surface area contributed by atoms with Gasteiger partial charge in [-0.2, -0.15) is 0 Å². The second kappa shape index (κ2) is 5.96. The van der Waals surface area contributed by atoms with Crippen LogP contribution in [0.2, 0.25) is 0 Å². The van der Waals surface area contributed by atoms with Gasteiger partial charge in [0, 0.05) is 13.1 Å². The molecule has 0 spiro atoms. The summed E-state index contributed by atoms with van der Waals surface area (Å²) in [5.41, 5.74) is 1.95. The maximum absolute atomic E-state index is 13.1. The largest absolute Gasteiger partial charge is 0.355 e. The van der Waals surface area contributed by atoms with Crippen molar-refractivity contribution in [3.63, 3.8) is 0 Å². The molecule has 0 bridgehead atoms. The lowest BCUT2D eigenvalue weighted by Crippen LogP contribution is -2.42. The van der Waals surface area contributed by atoms with E-state index in [9.17, 15) is 9.18 Å². The predicted octanol–water partition coefficient (Wildman–Crippen LogP) is 1.89. The molecule has 1 atom stereocenters. The Bertz CT molecular complexity index is 434. The van der Waals surface area contributed by atoms with Crippen LogP contribution in [0, 0.1) is 12.7 Å². The molecule has 1 unspecified atom stereocenters. The van der Waals surface area contributed by atoms with Crippen molar-refractivity contribution < 1.29 is 9.18 Å². The Morgan fingerprint density at radius 3 is 3.11 bits per heavy atom. The zero-order valence-electron chi connectivity index (χ0n) is 10.6. The molecular formula is C14H19FN2O. The molecule has 1 aromatic carbocycles. The maximum atomic E-state index is 13.1. The van der Waals surface area contributed by atoms with E-state index in [4.69, 9.17) is 0 Å². The van der Waals surface area contributed by atoms with E-state index in [1.807, 2.05) is 6.92 Å². The maximum Gasteiger partial charge on any atom is 0.237 e. The number of rotatable bonds is 3. The highest BCUT2D eigenvalue weighted by molar-refractivity contribution is 5.81. The molecule has 1 amide bonds. The summed E-state index contributed by atoms with van der Waals surface area (Å²) in [6, 6.07) is 4.59. The van der Waals surface area contributed by atoms with Crippen molar-refractivity contribution in [1.82, 2.24) is 10.6 Å². The Kier molecular flexibility index (Phi) is 4.31. The summed E-state index contributed by atoms with van der Waals surface area (Å²) >= 11 is 0. The standard InChI is InChI=1S/C14H19FN2O/c1-10-5-6-12(15)8-11(10)9-17-13-4-2-3-7-16-14(13)18/h5-6,8,13,17H,2-4,7,9H2,1H3,(H,16,18). The van der Waals surface area contributed by atoms with Gasteiger partial charge in [0.25, 0.3) is 0 Å². The fourth-order valence-electron chi connectivity index (χ4n) is 2.20. The first-order valence-electron chi connectivity index (χ1n) is 6.43. The monoisotopic (exact) mass is 250 g/mol. The van der Waals surface area contributed by atoms with Crippen LogP contribution in [0.25, 0.3) is 0 Å². The molecule has 3 nitrogen and oxygen atoms in total. The van der Waals surface area contributed by atoms with Gasteiger partial charge in [0.2, 0.25) is 5.91 Å². The van der Waals surface area contributed by atoms with Crippen LogP contribution < -0.4 is 10.6 Å².